The van der Waals surface area contributed by atoms with Crippen LogP contribution < -0.4 is 0 Å². The number of aliphatic hydroxyl groups is 1. The van der Waals surface area contributed by atoms with Crippen molar-refractivity contribution < 1.29 is 19.8 Å². The van der Waals surface area contributed by atoms with Crippen LogP contribution in [-0.4, -0.2) is 26.8 Å². The smallest absolute Gasteiger partial charge is 0.290 e. The molecule has 2 heterocycles. The molecule has 0 bridgehead atoms. The highest BCUT2D eigenvalue weighted by molar-refractivity contribution is 7.09. The molecule has 2 aromatic rings. The molecule has 0 saturated carbocycles. The van der Waals surface area contributed by atoms with Crippen molar-refractivity contribution in [3.05, 3.63) is 63.6 Å². The van der Waals surface area contributed by atoms with E-state index in [0.717, 1.165) is 4.88 Å². The molecule has 1 aliphatic rings. The fourth-order valence-corrected chi connectivity index (χ4v) is 3.86. The summed E-state index contributed by atoms with van der Waals surface area (Å²) in [6.07, 6.45) is 0.258. The zero-order valence-electron chi connectivity index (χ0n) is 14.7. The third-order valence-electron chi connectivity index (χ3n) is 4.31. The number of ketones is 1. The monoisotopic (exact) mass is 371 g/mol. The molecule has 5 nitrogen and oxygen atoms in total. The lowest BCUT2D eigenvalue weighted by Gasteiger charge is -2.26. The van der Waals surface area contributed by atoms with Gasteiger partial charge in [-0.1, -0.05) is 32.0 Å². The van der Waals surface area contributed by atoms with E-state index >= 15 is 0 Å². The topological polar surface area (TPSA) is 77.8 Å². The number of hydrogen-bond acceptors (Lipinski definition) is 5. The molecule has 1 amide bonds. The Labute approximate surface area is 156 Å². The molecule has 1 aliphatic heterocycles. The summed E-state index contributed by atoms with van der Waals surface area (Å²) in [6.45, 7) is 4.15. The van der Waals surface area contributed by atoms with Gasteiger partial charge in [-0.2, -0.15) is 0 Å². The summed E-state index contributed by atoms with van der Waals surface area (Å²) in [5.41, 5.74) is 0.829. The summed E-state index contributed by atoms with van der Waals surface area (Å²) in [5.74, 6) is -1.01. The Balaban J connectivity index is 2.03. The van der Waals surface area contributed by atoms with E-state index in [9.17, 15) is 19.8 Å². The van der Waals surface area contributed by atoms with Gasteiger partial charge in [0.15, 0.2) is 11.5 Å². The van der Waals surface area contributed by atoms with Crippen molar-refractivity contribution in [1.82, 2.24) is 4.90 Å². The Kier molecular flexibility index (Phi) is 5.13. The maximum absolute atomic E-state index is 12.8. The van der Waals surface area contributed by atoms with Crippen LogP contribution in [0.5, 0.6) is 5.75 Å². The van der Waals surface area contributed by atoms with Gasteiger partial charge in [-0.15, -0.1) is 11.3 Å². The van der Waals surface area contributed by atoms with Crippen molar-refractivity contribution in [3.63, 3.8) is 0 Å². The summed E-state index contributed by atoms with van der Waals surface area (Å²) in [4.78, 5) is 28.0. The quantitative estimate of drug-likeness (QED) is 0.805. The lowest BCUT2D eigenvalue weighted by atomic mass is 9.92. The van der Waals surface area contributed by atoms with Crippen LogP contribution in [0.1, 0.15) is 36.8 Å². The maximum atomic E-state index is 12.8. The van der Waals surface area contributed by atoms with E-state index in [4.69, 9.17) is 0 Å². The predicted molar refractivity (Wildman–Crippen MR) is 99.8 cm³/mol. The predicted octanol–water partition coefficient (Wildman–Crippen LogP) is 3.96. The van der Waals surface area contributed by atoms with Crippen molar-refractivity contribution in [1.29, 1.82) is 0 Å². The zero-order valence-corrected chi connectivity index (χ0v) is 15.5. The number of carbonyl (C=O) groups excluding carboxylic acids is 2. The minimum atomic E-state index is -0.656. The summed E-state index contributed by atoms with van der Waals surface area (Å²) in [5, 5.41) is 21.9. The van der Waals surface area contributed by atoms with Gasteiger partial charge in [0, 0.05) is 11.3 Å². The van der Waals surface area contributed by atoms with Gasteiger partial charge in [-0.3, -0.25) is 9.59 Å². The Bertz CT molecular complexity index is 837. The molecule has 1 aromatic carbocycles. The molecular formula is C20H21NO4S. The first-order valence-corrected chi connectivity index (χ1v) is 9.35. The lowest BCUT2D eigenvalue weighted by molar-refractivity contribution is -0.130. The van der Waals surface area contributed by atoms with E-state index in [0.29, 0.717) is 12.1 Å². The number of aromatic hydroxyl groups is 1. The van der Waals surface area contributed by atoms with E-state index in [1.54, 1.807) is 12.1 Å². The SMILES string of the molecule is CC(C)CC(=O)C1=C(O)C(=O)N(Cc2cccs2)C1c1ccc(O)cc1. The van der Waals surface area contributed by atoms with Gasteiger partial charge in [0.1, 0.15) is 5.75 Å². The van der Waals surface area contributed by atoms with Crippen LogP contribution in [0.4, 0.5) is 0 Å². The molecule has 0 spiro atoms. The molecule has 0 fully saturated rings. The number of phenolic OH excluding ortho intramolecular Hbond substituents is 1. The largest absolute Gasteiger partial charge is 0.508 e. The van der Waals surface area contributed by atoms with Gasteiger partial charge in [0.05, 0.1) is 18.2 Å². The van der Waals surface area contributed by atoms with Gasteiger partial charge in [-0.25, -0.2) is 0 Å². The summed E-state index contributed by atoms with van der Waals surface area (Å²) in [6, 6.07) is 9.54. The van der Waals surface area contributed by atoms with Gasteiger partial charge in [0.25, 0.3) is 5.91 Å². The molecule has 0 aliphatic carbocycles. The van der Waals surface area contributed by atoms with Crippen LogP contribution in [0.25, 0.3) is 0 Å². The molecule has 26 heavy (non-hydrogen) atoms. The average molecular weight is 371 g/mol. The van der Waals surface area contributed by atoms with Crippen molar-refractivity contribution >= 4 is 23.0 Å². The fraction of sp³-hybridized carbons (Fsp3) is 0.300. The molecule has 1 unspecified atom stereocenters. The van der Waals surface area contributed by atoms with Gasteiger partial charge < -0.3 is 15.1 Å². The van der Waals surface area contributed by atoms with Gasteiger partial charge >= 0.3 is 0 Å². The average Bonchev–Trinajstić information content (AvgIpc) is 3.17. The number of benzene rings is 1. The number of thiophene rings is 1. The highest BCUT2D eigenvalue weighted by atomic mass is 32.1. The number of nitrogens with zero attached hydrogens (tertiary/aromatic N) is 1. The van der Waals surface area contributed by atoms with Crippen molar-refractivity contribution in [2.45, 2.75) is 32.9 Å². The van der Waals surface area contributed by atoms with E-state index in [2.05, 4.69) is 0 Å². The number of rotatable bonds is 6. The highest BCUT2D eigenvalue weighted by Crippen LogP contribution is 2.40. The minimum Gasteiger partial charge on any atom is -0.508 e. The summed E-state index contributed by atoms with van der Waals surface area (Å²) >= 11 is 1.51. The second kappa shape index (κ2) is 7.33. The van der Waals surface area contributed by atoms with Crippen LogP contribution in [0, 0.1) is 5.92 Å². The summed E-state index contributed by atoms with van der Waals surface area (Å²) < 4.78 is 0. The van der Waals surface area contributed by atoms with Crippen molar-refractivity contribution in [3.8, 4) is 5.75 Å². The first-order chi connectivity index (χ1) is 12.4. The number of aliphatic hydroxyl groups excluding tert-OH is 1. The second-order valence-electron chi connectivity index (χ2n) is 6.79. The van der Waals surface area contributed by atoms with Gasteiger partial charge in [-0.05, 0) is 35.1 Å². The molecule has 0 saturated heterocycles. The number of amides is 1. The Morgan fingerprint density at radius 2 is 1.88 bits per heavy atom. The molecule has 136 valence electrons. The third kappa shape index (κ3) is 3.51. The van der Waals surface area contributed by atoms with E-state index < -0.39 is 17.7 Å². The molecule has 0 radical (unpaired) electrons. The van der Waals surface area contributed by atoms with E-state index in [1.807, 2.05) is 31.4 Å². The fourth-order valence-electron chi connectivity index (χ4n) is 3.16. The Morgan fingerprint density at radius 1 is 1.19 bits per heavy atom. The van der Waals surface area contributed by atoms with E-state index in [1.165, 1.54) is 28.4 Å². The highest BCUT2D eigenvalue weighted by Gasteiger charge is 2.43. The van der Waals surface area contributed by atoms with Crippen LogP contribution in [0.3, 0.4) is 0 Å². The number of hydrogen-bond donors (Lipinski definition) is 2. The minimum absolute atomic E-state index is 0.103. The standard InChI is InChI=1S/C20H21NO4S/c1-12(2)10-16(23)17-18(13-5-7-14(22)8-6-13)21(20(25)19(17)24)11-15-4-3-9-26-15/h3-9,12,18,22,24H,10-11H2,1-2H3. The van der Waals surface area contributed by atoms with Crippen LogP contribution in [-0.2, 0) is 16.1 Å². The molecule has 1 atom stereocenters. The lowest BCUT2D eigenvalue weighted by Crippen LogP contribution is -2.30. The number of carbonyl (C=O) groups is 2. The molecule has 1 aromatic heterocycles. The maximum Gasteiger partial charge on any atom is 0.290 e. The first-order valence-electron chi connectivity index (χ1n) is 8.47. The third-order valence-corrected chi connectivity index (χ3v) is 5.17. The number of Topliss-reactive ketones (excluding diaryl/α,β-unsaturated/α-hetero) is 1. The van der Waals surface area contributed by atoms with Gasteiger partial charge in [0.2, 0.25) is 0 Å². The van der Waals surface area contributed by atoms with Crippen molar-refractivity contribution in [2.24, 2.45) is 5.92 Å². The van der Waals surface area contributed by atoms with E-state index in [-0.39, 0.29) is 29.4 Å². The normalized spacial score (nSPS) is 17.4. The molecular weight excluding hydrogens is 350 g/mol. The van der Waals surface area contributed by atoms with Crippen LogP contribution >= 0.6 is 11.3 Å². The van der Waals surface area contributed by atoms with Crippen LogP contribution in [0.15, 0.2) is 53.1 Å². The van der Waals surface area contributed by atoms with Crippen molar-refractivity contribution in [2.75, 3.05) is 0 Å². The molecule has 2 N–H and O–H groups in total. The zero-order chi connectivity index (χ0) is 18.8. The first kappa shape index (κ1) is 18.2. The Hall–Kier alpha value is -2.60. The number of phenols is 1. The van der Waals surface area contributed by atoms with Crippen LogP contribution in [0.2, 0.25) is 0 Å². The molecule has 3 rings (SSSR count). The second-order valence-corrected chi connectivity index (χ2v) is 7.82. The Morgan fingerprint density at radius 3 is 2.46 bits per heavy atom. The molecule has 6 heteroatoms. The summed E-state index contributed by atoms with van der Waals surface area (Å²) in [7, 11) is 0.